The van der Waals surface area contributed by atoms with E-state index >= 15 is 0 Å². The summed E-state index contributed by atoms with van der Waals surface area (Å²) in [6, 6.07) is 19.1. The van der Waals surface area contributed by atoms with E-state index in [2.05, 4.69) is 11.4 Å². The second kappa shape index (κ2) is 12.6. The molecule has 0 heterocycles. The molecule has 2 rings (SSSR count). The minimum atomic E-state index is -1.64. The maximum Gasteiger partial charge on any atom is 0.475 e. The molecule has 168 valence electrons. The van der Waals surface area contributed by atoms with Gasteiger partial charge in [0.25, 0.3) is 0 Å². The van der Waals surface area contributed by atoms with Gasteiger partial charge in [-0.1, -0.05) is 54.6 Å². The molecule has 0 spiro atoms. The molecule has 0 saturated heterocycles. The van der Waals surface area contributed by atoms with Crippen LogP contribution in [0.25, 0.3) is 0 Å². The number of nitrogens with zero attached hydrogens (tertiary/aromatic N) is 2. The van der Waals surface area contributed by atoms with Gasteiger partial charge in [0.15, 0.2) is 0 Å². The van der Waals surface area contributed by atoms with Crippen molar-refractivity contribution in [1.82, 2.24) is 10.2 Å². The van der Waals surface area contributed by atoms with Gasteiger partial charge < -0.3 is 20.3 Å². The molecule has 2 aromatic rings. The fourth-order valence-corrected chi connectivity index (χ4v) is 3.48. The van der Waals surface area contributed by atoms with E-state index in [4.69, 9.17) is 0 Å². The number of hydrogen-bond donors (Lipinski definition) is 3. The number of nitriles is 1. The highest BCUT2D eigenvalue weighted by molar-refractivity contribution is 6.43. The number of amides is 2. The molecule has 3 N–H and O–H groups in total. The van der Waals surface area contributed by atoms with Crippen LogP contribution in [-0.2, 0) is 28.9 Å². The number of nitrogens with one attached hydrogen (secondary N) is 1. The Bertz CT molecular complexity index is 928. The predicted octanol–water partition coefficient (Wildman–Crippen LogP) is 1.52. The molecule has 2 atom stereocenters. The van der Waals surface area contributed by atoms with Crippen LogP contribution in [-0.4, -0.2) is 53.9 Å². The van der Waals surface area contributed by atoms with E-state index in [1.54, 1.807) is 14.1 Å². The van der Waals surface area contributed by atoms with E-state index in [0.29, 0.717) is 25.7 Å². The summed E-state index contributed by atoms with van der Waals surface area (Å²) in [5, 5.41) is 31.2. The molecule has 32 heavy (non-hydrogen) atoms. The van der Waals surface area contributed by atoms with Crippen LogP contribution < -0.4 is 5.32 Å². The van der Waals surface area contributed by atoms with Crippen LogP contribution >= 0.6 is 0 Å². The highest BCUT2D eigenvalue weighted by Gasteiger charge is 2.25. The van der Waals surface area contributed by atoms with Gasteiger partial charge in [-0.15, -0.1) is 0 Å². The molecule has 0 aliphatic heterocycles. The van der Waals surface area contributed by atoms with Crippen LogP contribution in [0.3, 0.4) is 0 Å². The molecular weight excluding hydrogens is 405 g/mol. The summed E-state index contributed by atoms with van der Waals surface area (Å²) in [6.45, 7) is 0. The van der Waals surface area contributed by atoms with Crippen molar-refractivity contribution in [3.8, 4) is 6.07 Å². The normalized spacial score (nSPS) is 12.3. The second-order valence-corrected chi connectivity index (χ2v) is 8.07. The third-order valence-electron chi connectivity index (χ3n) is 5.20. The molecule has 7 nitrogen and oxygen atoms in total. The lowest BCUT2D eigenvalue weighted by Crippen LogP contribution is -2.47. The number of aryl methyl sites for hydroxylation is 1. The molecule has 2 amide bonds. The Morgan fingerprint density at radius 1 is 1.03 bits per heavy atom. The molecule has 8 heteroatoms. The van der Waals surface area contributed by atoms with E-state index < -0.39 is 19.0 Å². The summed E-state index contributed by atoms with van der Waals surface area (Å²) in [5.74, 6) is -1.95. The van der Waals surface area contributed by atoms with Crippen LogP contribution in [0, 0.1) is 17.2 Å². The van der Waals surface area contributed by atoms with Crippen molar-refractivity contribution in [2.75, 3.05) is 14.1 Å². The Labute approximate surface area is 189 Å². The van der Waals surface area contributed by atoms with Gasteiger partial charge in [0, 0.05) is 20.5 Å². The molecule has 0 fully saturated rings. The van der Waals surface area contributed by atoms with Crippen molar-refractivity contribution in [2.45, 2.75) is 38.0 Å². The van der Waals surface area contributed by atoms with Gasteiger partial charge in [0.05, 0.1) is 12.0 Å². The summed E-state index contributed by atoms with van der Waals surface area (Å²) in [4.78, 5) is 25.8. The Kier molecular flexibility index (Phi) is 9.93. The van der Waals surface area contributed by atoms with E-state index in [9.17, 15) is 24.9 Å². The first-order chi connectivity index (χ1) is 15.3. The average molecular weight is 435 g/mol. The average Bonchev–Trinajstić information content (AvgIpc) is 2.77. The highest BCUT2D eigenvalue weighted by Crippen LogP contribution is 2.14. The second-order valence-electron chi connectivity index (χ2n) is 8.07. The lowest BCUT2D eigenvalue weighted by molar-refractivity contribution is -0.131. The van der Waals surface area contributed by atoms with Crippen molar-refractivity contribution in [3.05, 3.63) is 71.3 Å². The molecule has 0 aliphatic carbocycles. The number of rotatable bonds is 11. The fourth-order valence-electron chi connectivity index (χ4n) is 3.48. The zero-order valence-electron chi connectivity index (χ0n) is 18.6. The van der Waals surface area contributed by atoms with Crippen molar-refractivity contribution >= 4 is 18.9 Å². The van der Waals surface area contributed by atoms with Crippen LogP contribution in [0.2, 0.25) is 0 Å². The molecule has 0 saturated carbocycles. The molecule has 0 aromatic heterocycles. The van der Waals surface area contributed by atoms with E-state index in [1.807, 2.05) is 54.6 Å². The lowest BCUT2D eigenvalue weighted by Gasteiger charge is -2.18. The van der Waals surface area contributed by atoms with Crippen molar-refractivity contribution in [3.63, 3.8) is 0 Å². The van der Waals surface area contributed by atoms with Crippen LogP contribution in [0.1, 0.15) is 29.5 Å². The first-order valence-corrected chi connectivity index (χ1v) is 10.7. The topological polar surface area (TPSA) is 114 Å². The Morgan fingerprint density at radius 2 is 1.69 bits per heavy atom. The fraction of sp³-hybridized carbons (Fsp3) is 0.375. The Hall–Kier alpha value is -3.15. The summed E-state index contributed by atoms with van der Waals surface area (Å²) in [7, 11) is 1.62. The third-order valence-corrected chi connectivity index (χ3v) is 5.20. The number of carbonyl (C=O) groups excluding carboxylic acids is 2. The summed E-state index contributed by atoms with van der Waals surface area (Å²) >= 11 is 0. The molecule has 2 aromatic carbocycles. The summed E-state index contributed by atoms with van der Waals surface area (Å²) in [5.41, 5.74) is 2.83. The molecular formula is C24H30BN3O4. The zero-order valence-corrected chi connectivity index (χ0v) is 18.6. The predicted molar refractivity (Wildman–Crippen MR) is 123 cm³/mol. The Balaban J connectivity index is 1.86. The molecule has 0 radical (unpaired) electrons. The largest absolute Gasteiger partial charge is 0.475 e. The summed E-state index contributed by atoms with van der Waals surface area (Å²) in [6.07, 6.45) is 2.18. The number of carbonyl (C=O) groups is 2. The standard InChI is InChI=1S/C24H30BN3O4/c1-28(2)24(30)21(17-26)15-20-12-6-10-18(14-20)11-7-13-23(29)27-22(25(31)32)16-19-8-4-3-5-9-19/h3-6,8-10,12,14,21-22,31-32H,7,11,13,15-16H2,1-2H3,(H,27,29)/t21?,22-/m0/s1. The minimum absolute atomic E-state index is 0.217. The Morgan fingerprint density at radius 3 is 2.31 bits per heavy atom. The van der Waals surface area contributed by atoms with Gasteiger partial charge in [0.2, 0.25) is 11.8 Å². The highest BCUT2D eigenvalue weighted by atomic mass is 16.4. The van der Waals surface area contributed by atoms with Crippen molar-refractivity contribution in [2.24, 2.45) is 5.92 Å². The monoisotopic (exact) mass is 435 g/mol. The maximum atomic E-state index is 12.3. The lowest BCUT2D eigenvalue weighted by atomic mass is 9.76. The van der Waals surface area contributed by atoms with Crippen LogP contribution in [0.15, 0.2) is 54.6 Å². The molecule has 1 unspecified atom stereocenters. The minimum Gasteiger partial charge on any atom is -0.426 e. The van der Waals surface area contributed by atoms with Gasteiger partial charge in [-0.25, -0.2) is 0 Å². The van der Waals surface area contributed by atoms with Crippen LogP contribution in [0.5, 0.6) is 0 Å². The summed E-state index contributed by atoms with van der Waals surface area (Å²) < 4.78 is 0. The van der Waals surface area contributed by atoms with Crippen molar-refractivity contribution in [1.29, 1.82) is 5.26 Å². The SMILES string of the molecule is CN(C)C(=O)C(C#N)Cc1cccc(CCCC(=O)N[C@@H](Cc2ccccc2)B(O)O)c1. The van der Waals surface area contributed by atoms with Crippen LogP contribution in [0.4, 0.5) is 0 Å². The van der Waals surface area contributed by atoms with E-state index in [1.165, 1.54) is 4.90 Å². The first kappa shape index (κ1) is 25.1. The number of hydrogen-bond acceptors (Lipinski definition) is 5. The number of benzene rings is 2. The van der Waals surface area contributed by atoms with E-state index in [-0.39, 0.29) is 18.2 Å². The molecule has 0 aliphatic rings. The molecule has 0 bridgehead atoms. The van der Waals surface area contributed by atoms with Gasteiger partial charge >= 0.3 is 7.12 Å². The first-order valence-electron chi connectivity index (χ1n) is 10.7. The van der Waals surface area contributed by atoms with Gasteiger partial charge in [-0.3, -0.25) is 9.59 Å². The van der Waals surface area contributed by atoms with Gasteiger partial charge in [0.1, 0.15) is 5.92 Å². The quantitative estimate of drug-likeness (QED) is 0.463. The zero-order chi connectivity index (χ0) is 23.5. The maximum absolute atomic E-state index is 12.3. The van der Waals surface area contributed by atoms with Crippen molar-refractivity contribution < 1.29 is 19.6 Å². The van der Waals surface area contributed by atoms with E-state index in [0.717, 1.165) is 16.7 Å². The van der Waals surface area contributed by atoms with Gasteiger partial charge in [-0.05, 0) is 42.4 Å². The van der Waals surface area contributed by atoms with Gasteiger partial charge in [-0.2, -0.15) is 5.26 Å². The third kappa shape index (κ3) is 8.18. The smallest absolute Gasteiger partial charge is 0.426 e.